The molecule has 0 spiro atoms. The van der Waals surface area contributed by atoms with Gasteiger partial charge in [-0.1, -0.05) is 121 Å². The molecular formula is C35H60O6. The molecular weight excluding hydrogens is 516 g/mol. The molecule has 0 saturated carbocycles. The van der Waals surface area contributed by atoms with E-state index in [1.54, 1.807) is 6.08 Å². The largest absolute Gasteiger partial charge is 0.463 e. The summed E-state index contributed by atoms with van der Waals surface area (Å²) in [5, 5.41) is 20.0. The lowest BCUT2D eigenvalue weighted by molar-refractivity contribution is -0.152. The topological polar surface area (TPSA) is 93.1 Å². The van der Waals surface area contributed by atoms with Crippen LogP contribution >= 0.6 is 0 Å². The monoisotopic (exact) mass is 576 g/mol. The van der Waals surface area contributed by atoms with Gasteiger partial charge < -0.3 is 19.7 Å². The molecule has 0 amide bonds. The molecule has 6 nitrogen and oxygen atoms in total. The molecule has 0 aliphatic heterocycles. The number of hydrogen-bond donors (Lipinski definition) is 2. The van der Waals surface area contributed by atoms with Gasteiger partial charge in [0.05, 0.1) is 6.10 Å². The average molecular weight is 577 g/mol. The van der Waals surface area contributed by atoms with Gasteiger partial charge in [-0.25, -0.2) is 0 Å². The van der Waals surface area contributed by atoms with E-state index in [9.17, 15) is 19.8 Å². The van der Waals surface area contributed by atoms with Crippen LogP contribution in [0.3, 0.4) is 0 Å². The van der Waals surface area contributed by atoms with Gasteiger partial charge in [-0.2, -0.15) is 0 Å². The highest BCUT2D eigenvalue weighted by atomic mass is 16.6. The summed E-state index contributed by atoms with van der Waals surface area (Å²) in [7, 11) is 0. The smallest absolute Gasteiger partial charge is 0.305 e. The van der Waals surface area contributed by atoms with Gasteiger partial charge in [0.25, 0.3) is 0 Å². The van der Waals surface area contributed by atoms with Crippen LogP contribution in [0.15, 0.2) is 48.6 Å². The fourth-order valence-corrected chi connectivity index (χ4v) is 4.08. The second-order valence-electron chi connectivity index (χ2n) is 11.3. The Labute approximate surface area is 251 Å². The SMILES string of the molecule is CCCCC/C=C\C/C=C\C/C=C\C=C\[C@@H](O)CCCC(=O)OC[C@H](O)COC(=O)CCCCCCCCC(C)C. The molecule has 0 fully saturated rings. The first kappa shape index (κ1) is 38.8. The van der Waals surface area contributed by atoms with E-state index in [1.807, 2.05) is 18.2 Å². The second kappa shape index (κ2) is 29.3. The third-order valence-electron chi connectivity index (χ3n) is 6.60. The maximum Gasteiger partial charge on any atom is 0.305 e. The molecule has 6 heteroatoms. The summed E-state index contributed by atoms with van der Waals surface area (Å²) >= 11 is 0. The van der Waals surface area contributed by atoms with Gasteiger partial charge in [0.1, 0.15) is 19.3 Å². The second-order valence-corrected chi connectivity index (χ2v) is 11.3. The molecule has 0 heterocycles. The van der Waals surface area contributed by atoms with Crippen LogP contribution in [0.5, 0.6) is 0 Å². The molecule has 0 aliphatic carbocycles. The highest BCUT2D eigenvalue weighted by Crippen LogP contribution is 2.12. The van der Waals surface area contributed by atoms with Gasteiger partial charge in [0, 0.05) is 12.8 Å². The number of rotatable bonds is 27. The molecule has 0 aromatic carbocycles. The van der Waals surface area contributed by atoms with Crippen molar-refractivity contribution in [3.63, 3.8) is 0 Å². The van der Waals surface area contributed by atoms with Crippen LogP contribution in [0.1, 0.15) is 130 Å². The van der Waals surface area contributed by atoms with Crippen LogP contribution in [-0.2, 0) is 19.1 Å². The number of unbranched alkanes of at least 4 members (excludes halogenated alkanes) is 8. The quantitative estimate of drug-likeness (QED) is 0.0442. The summed E-state index contributed by atoms with van der Waals surface area (Å²) in [5.74, 6) is -0.00831. The van der Waals surface area contributed by atoms with E-state index in [2.05, 4.69) is 45.1 Å². The predicted molar refractivity (Wildman–Crippen MR) is 169 cm³/mol. The standard InChI is InChI=1S/C35H60O6/c1-4-5-6-7-8-9-10-11-12-13-14-18-21-25-32(36)26-23-28-35(39)41-30-33(37)29-40-34(38)27-22-19-16-15-17-20-24-31(2)3/h8-9,11-12,14,18,21,25,31-33,36-37H,4-7,10,13,15-17,19-20,22-24,26-30H2,1-3H3/b9-8-,12-11-,18-14-,25-21+/t32-,33-/m1/s1. The zero-order valence-corrected chi connectivity index (χ0v) is 26.3. The fourth-order valence-electron chi connectivity index (χ4n) is 4.08. The van der Waals surface area contributed by atoms with Gasteiger partial charge in [0.2, 0.25) is 0 Å². The molecule has 236 valence electrons. The van der Waals surface area contributed by atoms with Crippen LogP contribution in [-0.4, -0.2) is 47.6 Å². The molecule has 0 bridgehead atoms. The zero-order valence-electron chi connectivity index (χ0n) is 26.3. The van der Waals surface area contributed by atoms with Crippen LogP contribution in [0.25, 0.3) is 0 Å². The number of carbonyl (C=O) groups is 2. The Morgan fingerprint density at radius 3 is 1.90 bits per heavy atom. The predicted octanol–water partition coefficient (Wildman–Crippen LogP) is 8.33. The molecule has 0 radical (unpaired) electrons. The van der Waals surface area contributed by atoms with E-state index in [1.165, 1.54) is 44.9 Å². The summed E-state index contributed by atoms with van der Waals surface area (Å²) in [5.41, 5.74) is 0. The van der Waals surface area contributed by atoms with Crippen molar-refractivity contribution >= 4 is 11.9 Å². The lowest BCUT2D eigenvalue weighted by Gasteiger charge is -2.12. The first-order valence-corrected chi connectivity index (χ1v) is 16.2. The Bertz CT molecular complexity index is 737. The van der Waals surface area contributed by atoms with Crippen molar-refractivity contribution < 1.29 is 29.3 Å². The number of hydrogen-bond acceptors (Lipinski definition) is 6. The molecule has 0 unspecified atom stereocenters. The van der Waals surface area contributed by atoms with Crippen molar-refractivity contribution in [2.45, 2.75) is 142 Å². The Balaban J connectivity index is 3.73. The van der Waals surface area contributed by atoms with Crippen molar-refractivity contribution in [1.29, 1.82) is 0 Å². The van der Waals surface area contributed by atoms with Crippen LogP contribution in [0, 0.1) is 5.92 Å². The highest BCUT2D eigenvalue weighted by molar-refractivity contribution is 5.69. The first-order valence-electron chi connectivity index (χ1n) is 16.2. The van der Waals surface area contributed by atoms with Gasteiger partial charge in [0.15, 0.2) is 0 Å². The van der Waals surface area contributed by atoms with E-state index >= 15 is 0 Å². The van der Waals surface area contributed by atoms with E-state index in [0.717, 1.165) is 44.4 Å². The molecule has 0 rings (SSSR count). The number of carbonyl (C=O) groups excluding carboxylic acids is 2. The Hall–Kier alpha value is -2.18. The Kier molecular flexibility index (Phi) is 27.8. The normalized spacial score (nSPS) is 13.7. The summed E-state index contributed by atoms with van der Waals surface area (Å²) in [6.45, 7) is 6.32. The van der Waals surface area contributed by atoms with Gasteiger partial charge >= 0.3 is 11.9 Å². The summed E-state index contributed by atoms with van der Waals surface area (Å²) in [6, 6.07) is 0. The van der Waals surface area contributed by atoms with E-state index in [-0.39, 0.29) is 25.6 Å². The molecule has 0 aromatic heterocycles. The zero-order chi connectivity index (χ0) is 30.4. The minimum absolute atomic E-state index is 0.155. The minimum Gasteiger partial charge on any atom is -0.463 e. The minimum atomic E-state index is -1.04. The molecule has 2 atom stereocenters. The molecule has 2 N–H and O–H groups in total. The highest BCUT2D eigenvalue weighted by Gasteiger charge is 2.12. The van der Waals surface area contributed by atoms with Gasteiger partial charge in [-0.3, -0.25) is 9.59 Å². The third-order valence-corrected chi connectivity index (χ3v) is 6.60. The number of allylic oxidation sites excluding steroid dienone is 7. The molecule has 0 aliphatic rings. The van der Waals surface area contributed by atoms with Crippen molar-refractivity contribution in [3.8, 4) is 0 Å². The third kappa shape index (κ3) is 30.6. The van der Waals surface area contributed by atoms with Crippen molar-refractivity contribution in [2.75, 3.05) is 13.2 Å². The van der Waals surface area contributed by atoms with Gasteiger partial charge in [-0.15, -0.1) is 0 Å². The fraction of sp³-hybridized carbons (Fsp3) is 0.714. The molecule has 0 saturated heterocycles. The lowest BCUT2D eigenvalue weighted by atomic mass is 10.0. The van der Waals surface area contributed by atoms with E-state index < -0.39 is 18.2 Å². The summed E-state index contributed by atoms with van der Waals surface area (Å²) < 4.78 is 10.1. The Morgan fingerprint density at radius 1 is 0.659 bits per heavy atom. The Morgan fingerprint density at radius 2 is 1.24 bits per heavy atom. The van der Waals surface area contributed by atoms with Crippen molar-refractivity contribution in [3.05, 3.63) is 48.6 Å². The number of aliphatic hydroxyl groups excluding tert-OH is 2. The molecule has 0 aromatic rings. The van der Waals surface area contributed by atoms with Crippen molar-refractivity contribution in [1.82, 2.24) is 0 Å². The average Bonchev–Trinajstić information content (AvgIpc) is 2.94. The maximum absolute atomic E-state index is 11.9. The van der Waals surface area contributed by atoms with Crippen molar-refractivity contribution in [2.24, 2.45) is 5.92 Å². The van der Waals surface area contributed by atoms with Gasteiger partial charge in [-0.05, 0) is 50.9 Å². The van der Waals surface area contributed by atoms with E-state index in [0.29, 0.717) is 19.3 Å². The van der Waals surface area contributed by atoms with Crippen LogP contribution in [0.4, 0.5) is 0 Å². The summed E-state index contributed by atoms with van der Waals surface area (Å²) in [4.78, 5) is 23.7. The van der Waals surface area contributed by atoms with E-state index in [4.69, 9.17) is 9.47 Å². The lowest BCUT2D eigenvalue weighted by Crippen LogP contribution is -2.25. The van der Waals surface area contributed by atoms with Crippen LogP contribution < -0.4 is 0 Å². The first-order chi connectivity index (χ1) is 19.8. The summed E-state index contributed by atoms with van der Waals surface area (Å²) in [6.07, 6.45) is 30.7. The maximum atomic E-state index is 11.9. The van der Waals surface area contributed by atoms with Crippen LogP contribution in [0.2, 0.25) is 0 Å². The number of esters is 2. The molecule has 41 heavy (non-hydrogen) atoms. The number of aliphatic hydroxyl groups is 2. The number of ether oxygens (including phenoxy) is 2.